The van der Waals surface area contributed by atoms with E-state index in [1.807, 2.05) is 0 Å². The van der Waals surface area contributed by atoms with Gasteiger partial charge in [-0.05, 0) is 12.3 Å². The van der Waals surface area contributed by atoms with Crippen LogP contribution in [0.5, 0.6) is 0 Å². The number of hydrogen-bond acceptors (Lipinski definition) is 8. The Morgan fingerprint density at radius 3 is 2.95 bits per heavy atom. The fraction of sp³-hybridized carbons (Fsp3) is 0.667. The van der Waals surface area contributed by atoms with Crippen LogP contribution in [0.15, 0.2) is 8.86 Å². The van der Waals surface area contributed by atoms with Crippen molar-refractivity contribution in [2.45, 2.75) is 43.7 Å². The van der Waals surface area contributed by atoms with Crippen molar-refractivity contribution in [1.29, 1.82) is 0 Å². The molecule has 0 unspecified atom stereocenters. The van der Waals surface area contributed by atoms with Crippen LogP contribution in [-0.2, 0) is 12.2 Å². The number of thioether (sulfide) groups is 1. The molecular weight excluding hydrogens is 294 g/mol. The molecule has 0 bridgehead atoms. The third-order valence-corrected chi connectivity index (χ3v) is 4.37. The summed E-state index contributed by atoms with van der Waals surface area (Å²) >= 11 is 3.12. The van der Waals surface area contributed by atoms with Crippen molar-refractivity contribution < 1.29 is 4.52 Å². The van der Waals surface area contributed by atoms with Gasteiger partial charge in [0, 0.05) is 13.0 Å². The topological polar surface area (TPSA) is 76.7 Å². The summed E-state index contributed by atoms with van der Waals surface area (Å²) in [4.78, 5) is 4.32. The van der Waals surface area contributed by atoms with Crippen molar-refractivity contribution in [1.82, 2.24) is 20.3 Å². The molecule has 0 amide bonds. The maximum Gasteiger partial charge on any atom is 0.237 e. The SMILES string of the molecule is CCCc1noc(CSc2nnc(NCC(C)C)s2)n1. The lowest BCUT2D eigenvalue weighted by atomic mass is 10.2. The fourth-order valence-corrected chi connectivity index (χ4v) is 3.02. The molecule has 2 rings (SSSR count). The Hall–Kier alpha value is -1.15. The van der Waals surface area contributed by atoms with Crippen molar-refractivity contribution in [3.63, 3.8) is 0 Å². The summed E-state index contributed by atoms with van der Waals surface area (Å²) in [7, 11) is 0. The summed E-state index contributed by atoms with van der Waals surface area (Å²) in [6.45, 7) is 7.32. The van der Waals surface area contributed by atoms with Gasteiger partial charge in [0.15, 0.2) is 10.2 Å². The molecule has 0 saturated heterocycles. The van der Waals surface area contributed by atoms with Gasteiger partial charge in [0.1, 0.15) is 0 Å². The zero-order valence-electron chi connectivity index (χ0n) is 11.9. The lowest BCUT2D eigenvalue weighted by Crippen LogP contribution is -2.07. The van der Waals surface area contributed by atoms with Gasteiger partial charge in [-0.2, -0.15) is 4.98 Å². The van der Waals surface area contributed by atoms with Gasteiger partial charge in [0.2, 0.25) is 11.0 Å². The lowest BCUT2D eigenvalue weighted by Gasteiger charge is -2.03. The molecule has 0 aromatic carbocycles. The molecule has 0 aliphatic heterocycles. The van der Waals surface area contributed by atoms with Crippen LogP contribution in [0.3, 0.4) is 0 Å². The Morgan fingerprint density at radius 2 is 2.20 bits per heavy atom. The summed E-state index contributed by atoms with van der Waals surface area (Å²) in [5, 5.41) is 16.3. The third kappa shape index (κ3) is 4.75. The lowest BCUT2D eigenvalue weighted by molar-refractivity contribution is 0.384. The number of nitrogens with one attached hydrogen (secondary N) is 1. The molecule has 2 aromatic heterocycles. The summed E-state index contributed by atoms with van der Waals surface area (Å²) in [6, 6.07) is 0. The molecule has 0 fully saturated rings. The molecule has 0 aliphatic rings. The molecule has 110 valence electrons. The second-order valence-electron chi connectivity index (χ2n) is 4.79. The molecular formula is C12H19N5OS2. The van der Waals surface area contributed by atoms with E-state index in [0.29, 0.717) is 17.6 Å². The average Bonchev–Trinajstić information content (AvgIpc) is 3.03. The predicted molar refractivity (Wildman–Crippen MR) is 81.1 cm³/mol. The molecule has 8 heteroatoms. The van der Waals surface area contributed by atoms with Crippen LogP contribution < -0.4 is 5.32 Å². The van der Waals surface area contributed by atoms with Crippen LogP contribution in [0.4, 0.5) is 5.13 Å². The number of rotatable bonds is 8. The van der Waals surface area contributed by atoms with E-state index in [1.165, 1.54) is 0 Å². The van der Waals surface area contributed by atoms with E-state index in [1.54, 1.807) is 23.1 Å². The van der Waals surface area contributed by atoms with E-state index >= 15 is 0 Å². The Morgan fingerprint density at radius 1 is 1.35 bits per heavy atom. The molecule has 20 heavy (non-hydrogen) atoms. The van der Waals surface area contributed by atoms with E-state index < -0.39 is 0 Å². The molecule has 0 radical (unpaired) electrons. The van der Waals surface area contributed by atoms with Gasteiger partial charge >= 0.3 is 0 Å². The first-order chi connectivity index (χ1) is 9.67. The van der Waals surface area contributed by atoms with Crippen molar-refractivity contribution in [3.05, 3.63) is 11.7 Å². The highest BCUT2D eigenvalue weighted by atomic mass is 32.2. The van der Waals surface area contributed by atoms with Gasteiger partial charge in [0.05, 0.1) is 5.75 Å². The van der Waals surface area contributed by atoms with Gasteiger partial charge in [0.25, 0.3) is 0 Å². The van der Waals surface area contributed by atoms with Crippen LogP contribution in [0.2, 0.25) is 0 Å². The molecule has 2 aromatic rings. The molecule has 0 atom stereocenters. The van der Waals surface area contributed by atoms with E-state index in [9.17, 15) is 0 Å². The summed E-state index contributed by atoms with van der Waals surface area (Å²) in [6.07, 6.45) is 1.88. The Balaban J connectivity index is 1.81. The zero-order valence-corrected chi connectivity index (χ0v) is 13.6. The largest absolute Gasteiger partial charge is 0.360 e. The Labute approximate surface area is 126 Å². The first-order valence-electron chi connectivity index (χ1n) is 6.69. The van der Waals surface area contributed by atoms with E-state index in [0.717, 1.165) is 34.7 Å². The quantitative estimate of drug-likeness (QED) is 0.750. The van der Waals surface area contributed by atoms with Crippen LogP contribution >= 0.6 is 23.1 Å². The van der Waals surface area contributed by atoms with Gasteiger partial charge in [-0.3, -0.25) is 0 Å². The van der Waals surface area contributed by atoms with Crippen LogP contribution in [0.1, 0.15) is 38.9 Å². The molecule has 0 aliphatic carbocycles. The zero-order chi connectivity index (χ0) is 14.4. The van der Waals surface area contributed by atoms with Gasteiger partial charge < -0.3 is 9.84 Å². The highest BCUT2D eigenvalue weighted by Gasteiger charge is 2.09. The second kappa shape index (κ2) is 7.58. The summed E-state index contributed by atoms with van der Waals surface area (Å²) in [5.74, 6) is 2.64. The minimum absolute atomic E-state index is 0.588. The van der Waals surface area contributed by atoms with Crippen molar-refractivity contribution in [2.75, 3.05) is 11.9 Å². The number of nitrogens with zero attached hydrogens (tertiary/aromatic N) is 4. The van der Waals surface area contributed by atoms with Crippen molar-refractivity contribution in [2.24, 2.45) is 5.92 Å². The number of hydrogen-bond donors (Lipinski definition) is 1. The predicted octanol–water partition coefficient (Wildman–Crippen LogP) is 3.23. The maximum absolute atomic E-state index is 5.18. The third-order valence-electron chi connectivity index (χ3n) is 2.37. The molecule has 0 spiro atoms. The average molecular weight is 313 g/mol. The van der Waals surface area contributed by atoms with Crippen molar-refractivity contribution >= 4 is 28.2 Å². The molecule has 6 nitrogen and oxygen atoms in total. The smallest absolute Gasteiger partial charge is 0.237 e. The Bertz CT molecular complexity index is 525. The van der Waals surface area contributed by atoms with Crippen LogP contribution in [0.25, 0.3) is 0 Å². The summed E-state index contributed by atoms with van der Waals surface area (Å²) < 4.78 is 6.09. The minimum Gasteiger partial charge on any atom is -0.360 e. The molecule has 0 saturated carbocycles. The Kier molecular flexibility index (Phi) is 5.78. The highest BCUT2D eigenvalue weighted by Crippen LogP contribution is 2.27. The van der Waals surface area contributed by atoms with E-state index in [2.05, 4.69) is 46.4 Å². The molecule has 1 N–H and O–H groups in total. The fourth-order valence-electron chi connectivity index (χ4n) is 1.43. The maximum atomic E-state index is 5.18. The minimum atomic E-state index is 0.588. The van der Waals surface area contributed by atoms with E-state index in [4.69, 9.17) is 4.52 Å². The van der Waals surface area contributed by atoms with Crippen LogP contribution in [0, 0.1) is 5.92 Å². The second-order valence-corrected chi connectivity index (χ2v) is 6.99. The summed E-state index contributed by atoms with van der Waals surface area (Å²) in [5.41, 5.74) is 0. The van der Waals surface area contributed by atoms with Gasteiger partial charge in [-0.25, -0.2) is 0 Å². The van der Waals surface area contributed by atoms with Crippen molar-refractivity contribution in [3.8, 4) is 0 Å². The van der Waals surface area contributed by atoms with Gasteiger partial charge in [-0.15, -0.1) is 10.2 Å². The highest BCUT2D eigenvalue weighted by molar-refractivity contribution is 8.00. The number of aromatic nitrogens is 4. The first-order valence-corrected chi connectivity index (χ1v) is 8.49. The van der Waals surface area contributed by atoms with Crippen LogP contribution in [-0.4, -0.2) is 26.9 Å². The first kappa shape index (κ1) is 15.2. The number of anilines is 1. The molecule has 2 heterocycles. The number of aryl methyl sites for hydroxylation is 1. The normalized spacial score (nSPS) is 11.2. The van der Waals surface area contributed by atoms with Gasteiger partial charge in [-0.1, -0.05) is 49.0 Å². The standard InChI is InChI=1S/C12H19N5OS2/c1-4-5-9-14-10(18-17-9)7-19-12-16-15-11(20-12)13-6-8(2)3/h8H,4-7H2,1-3H3,(H,13,15). The van der Waals surface area contributed by atoms with E-state index in [-0.39, 0.29) is 0 Å². The monoisotopic (exact) mass is 313 g/mol.